The highest BCUT2D eigenvalue weighted by molar-refractivity contribution is 5.86. The van der Waals surface area contributed by atoms with Crippen molar-refractivity contribution in [1.82, 2.24) is 0 Å². The molecule has 0 heterocycles. The summed E-state index contributed by atoms with van der Waals surface area (Å²) in [4.78, 5) is 35.0. The van der Waals surface area contributed by atoms with Crippen molar-refractivity contribution in [2.75, 3.05) is 31.2 Å². The van der Waals surface area contributed by atoms with E-state index in [4.69, 9.17) is 9.47 Å². The van der Waals surface area contributed by atoms with Crippen LogP contribution in [0.1, 0.15) is 6.92 Å². The quantitative estimate of drug-likeness (QED) is 0.151. The summed E-state index contributed by atoms with van der Waals surface area (Å²) in [5.41, 5.74) is 2.14. The molecule has 0 saturated carbocycles. The lowest BCUT2D eigenvalue weighted by Gasteiger charge is -2.24. The number of azo groups is 1. The topological polar surface area (TPSA) is 124 Å². The fourth-order valence-electron chi connectivity index (χ4n) is 2.54. The maximum Gasteiger partial charge on any atom is 0.333 e. The Morgan fingerprint density at radius 3 is 2.00 bits per heavy atom. The lowest BCUT2D eigenvalue weighted by atomic mass is 10.2. The molecule has 0 fully saturated rings. The van der Waals surface area contributed by atoms with Gasteiger partial charge in [-0.1, -0.05) is 13.2 Å². The number of hydrogen-bond donors (Lipinski definition) is 0. The maximum atomic E-state index is 11.6. The van der Waals surface area contributed by atoms with Crippen molar-refractivity contribution in [3.05, 3.63) is 83.5 Å². The van der Waals surface area contributed by atoms with Gasteiger partial charge in [0.05, 0.1) is 29.4 Å². The van der Waals surface area contributed by atoms with Crippen molar-refractivity contribution < 1.29 is 24.0 Å². The van der Waals surface area contributed by atoms with Crippen LogP contribution in [0.15, 0.2) is 83.6 Å². The second kappa shape index (κ2) is 12.5. The molecule has 10 heteroatoms. The van der Waals surface area contributed by atoms with E-state index in [9.17, 15) is 19.7 Å². The Morgan fingerprint density at radius 2 is 1.52 bits per heavy atom. The first-order chi connectivity index (χ1) is 15.8. The van der Waals surface area contributed by atoms with E-state index in [1.54, 1.807) is 31.2 Å². The first kappa shape index (κ1) is 24.9. The van der Waals surface area contributed by atoms with Crippen LogP contribution in [0.2, 0.25) is 0 Å². The Balaban J connectivity index is 2.04. The first-order valence-corrected chi connectivity index (χ1v) is 9.93. The lowest BCUT2D eigenvalue weighted by molar-refractivity contribution is -0.384. The number of nitro groups is 1. The molecule has 2 aromatic rings. The number of hydrogen-bond acceptors (Lipinski definition) is 9. The number of esters is 2. The molecule has 0 bridgehead atoms. The second-order valence-electron chi connectivity index (χ2n) is 6.76. The lowest BCUT2D eigenvalue weighted by Crippen LogP contribution is -2.32. The number of ether oxygens (including phenoxy) is 2. The molecule has 0 amide bonds. The number of non-ortho nitro benzene ring substituents is 1. The summed E-state index contributed by atoms with van der Waals surface area (Å²) in [6.07, 6.45) is 1.09. The summed E-state index contributed by atoms with van der Waals surface area (Å²) in [7, 11) is 0. The summed E-state index contributed by atoms with van der Waals surface area (Å²) < 4.78 is 10.2. The molecule has 0 atom stereocenters. The van der Waals surface area contributed by atoms with Crippen molar-refractivity contribution in [2.45, 2.75) is 6.92 Å². The van der Waals surface area contributed by atoms with Crippen molar-refractivity contribution in [3.63, 3.8) is 0 Å². The molecule has 0 aliphatic rings. The van der Waals surface area contributed by atoms with E-state index < -0.39 is 16.9 Å². The highest BCUT2D eigenvalue weighted by Crippen LogP contribution is 2.23. The van der Waals surface area contributed by atoms with Crippen LogP contribution in [-0.2, 0) is 19.1 Å². The number of nitrogens with zero attached hydrogens (tertiary/aromatic N) is 4. The van der Waals surface area contributed by atoms with Crippen LogP contribution in [0.25, 0.3) is 0 Å². The fourth-order valence-corrected chi connectivity index (χ4v) is 2.54. The van der Waals surface area contributed by atoms with Gasteiger partial charge in [0.15, 0.2) is 0 Å². The average Bonchev–Trinajstić information content (AvgIpc) is 2.82. The van der Waals surface area contributed by atoms with Gasteiger partial charge in [0.2, 0.25) is 0 Å². The zero-order valence-electron chi connectivity index (χ0n) is 18.2. The molecule has 0 aliphatic heterocycles. The Bertz CT molecular complexity index is 1030. The van der Waals surface area contributed by atoms with Crippen molar-refractivity contribution in [1.29, 1.82) is 0 Å². The third-order valence-electron chi connectivity index (χ3n) is 4.27. The highest BCUT2D eigenvalue weighted by atomic mass is 16.6. The minimum atomic E-state index is -0.523. The molecule has 0 aliphatic carbocycles. The zero-order chi connectivity index (χ0) is 24.2. The predicted octanol–water partition coefficient (Wildman–Crippen LogP) is 4.67. The van der Waals surface area contributed by atoms with E-state index in [1.165, 1.54) is 24.3 Å². The number of carbonyl (C=O) groups excluding carboxylic acids is 2. The molecule has 10 nitrogen and oxygen atoms in total. The van der Waals surface area contributed by atoms with Crippen LogP contribution in [0.4, 0.5) is 22.7 Å². The van der Waals surface area contributed by atoms with E-state index in [1.807, 2.05) is 4.90 Å². The molecular weight excluding hydrogens is 428 g/mol. The minimum absolute atomic E-state index is 0.0221. The van der Waals surface area contributed by atoms with Gasteiger partial charge in [-0.25, -0.2) is 9.59 Å². The van der Waals surface area contributed by atoms with Gasteiger partial charge in [-0.3, -0.25) is 10.1 Å². The zero-order valence-corrected chi connectivity index (χ0v) is 18.2. The summed E-state index contributed by atoms with van der Waals surface area (Å²) in [5, 5.41) is 18.9. The number of nitro benzene ring substituents is 1. The Kier molecular flexibility index (Phi) is 9.44. The molecule has 0 radical (unpaired) electrons. The molecule has 0 saturated heterocycles. The van der Waals surface area contributed by atoms with Crippen molar-refractivity contribution in [3.8, 4) is 0 Å². The third kappa shape index (κ3) is 8.37. The van der Waals surface area contributed by atoms with Gasteiger partial charge >= 0.3 is 11.9 Å². The smallest absolute Gasteiger partial charge is 0.333 e. The van der Waals surface area contributed by atoms with Crippen molar-refractivity contribution >= 4 is 34.7 Å². The van der Waals surface area contributed by atoms with Gasteiger partial charge < -0.3 is 14.4 Å². The van der Waals surface area contributed by atoms with Crippen LogP contribution < -0.4 is 4.90 Å². The molecule has 0 spiro atoms. The van der Waals surface area contributed by atoms with Gasteiger partial charge in [-0.15, -0.1) is 0 Å². The van der Waals surface area contributed by atoms with Gasteiger partial charge in [0.1, 0.15) is 13.2 Å². The summed E-state index contributed by atoms with van der Waals surface area (Å²) in [5.74, 6) is -0.999. The molecule has 0 unspecified atom stereocenters. The Labute approximate surface area is 191 Å². The van der Waals surface area contributed by atoms with E-state index in [2.05, 4.69) is 23.4 Å². The van der Waals surface area contributed by atoms with Crippen LogP contribution in [0.3, 0.4) is 0 Å². The van der Waals surface area contributed by atoms with Crippen LogP contribution in [-0.4, -0.2) is 43.2 Å². The Morgan fingerprint density at radius 1 is 1.00 bits per heavy atom. The molecule has 0 N–H and O–H groups in total. The SMILES string of the molecule is C=CC(=O)OCCN(CCOC(=O)C(=C)C)c1ccc(N=Nc2ccc([N+](=O)[O-])cc2)cc1. The first-order valence-electron chi connectivity index (χ1n) is 9.93. The van der Waals surface area contributed by atoms with Crippen LogP contribution >= 0.6 is 0 Å². The third-order valence-corrected chi connectivity index (χ3v) is 4.27. The molecular formula is C23H24N4O6. The largest absolute Gasteiger partial charge is 0.461 e. The minimum Gasteiger partial charge on any atom is -0.461 e. The molecule has 33 heavy (non-hydrogen) atoms. The standard InChI is InChI=1S/C23H24N4O6/c1-4-22(28)32-15-13-26(14-16-33-23(29)17(2)3)20-9-5-18(6-10-20)24-25-19-7-11-21(12-8-19)27(30)31/h4-12H,1-2,13-16H2,3H3. The van der Waals surface area contributed by atoms with Gasteiger partial charge in [0.25, 0.3) is 5.69 Å². The number of rotatable bonds is 12. The van der Waals surface area contributed by atoms with E-state index in [0.29, 0.717) is 30.0 Å². The van der Waals surface area contributed by atoms with Gasteiger partial charge in [-0.2, -0.15) is 10.2 Å². The monoisotopic (exact) mass is 452 g/mol. The van der Waals surface area contributed by atoms with Crippen LogP contribution in [0, 0.1) is 10.1 Å². The number of anilines is 1. The molecule has 2 rings (SSSR count). The number of carbonyl (C=O) groups is 2. The van der Waals surface area contributed by atoms with E-state index in [-0.39, 0.29) is 18.9 Å². The summed E-state index contributed by atoms with van der Waals surface area (Å²) in [6, 6.07) is 12.8. The molecule has 0 aromatic heterocycles. The summed E-state index contributed by atoms with van der Waals surface area (Å²) >= 11 is 0. The summed E-state index contributed by atoms with van der Waals surface area (Å²) in [6.45, 7) is 9.47. The van der Waals surface area contributed by atoms with E-state index in [0.717, 1.165) is 11.8 Å². The highest BCUT2D eigenvalue weighted by Gasteiger charge is 2.10. The average molecular weight is 452 g/mol. The second-order valence-corrected chi connectivity index (χ2v) is 6.76. The maximum absolute atomic E-state index is 11.6. The Hall–Kier alpha value is -4.34. The van der Waals surface area contributed by atoms with Gasteiger partial charge in [-0.05, 0) is 43.3 Å². The van der Waals surface area contributed by atoms with Gasteiger partial charge in [0, 0.05) is 29.5 Å². The molecule has 2 aromatic carbocycles. The van der Waals surface area contributed by atoms with Crippen molar-refractivity contribution in [2.24, 2.45) is 10.2 Å². The fraction of sp³-hybridized carbons (Fsp3) is 0.217. The van der Waals surface area contributed by atoms with Crippen LogP contribution in [0.5, 0.6) is 0 Å². The molecule has 172 valence electrons. The number of benzene rings is 2. The normalized spacial score (nSPS) is 10.5. The predicted molar refractivity (Wildman–Crippen MR) is 123 cm³/mol. The van der Waals surface area contributed by atoms with E-state index >= 15 is 0 Å².